The molecule has 1 aliphatic heterocycles. The van der Waals surface area contributed by atoms with Crippen molar-refractivity contribution in [2.75, 3.05) is 5.32 Å². The molecule has 57 heavy (non-hydrogen) atoms. The third-order valence-electron chi connectivity index (χ3n) is 12.3. The van der Waals surface area contributed by atoms with Gasteiger partial charge in [0.15, 0.2) is 0 Å². The van der Waals surface area contributed by atoms with E-state index in [1.165, 1.54) is 82.2 Å². The van der Waals surface area contributed by atoms with Crippen LogP contribution in [0.15, 0.2) is 204 Å². The Morgan fingerprint density at radius 2 is 0.789 bits per heavy atom. The van der Waals surface area contributed by atoms with Crippen molar-refractivity contribution in [3.05, 3.63) is 216 Å². The van der Waals surface area contributed by atoms with Crippen LogP contribution in [-0.4, -0.2) is 0 Å². The lowest BCUT2D eigenvalue weighted by Gasteiger charge is -2.32. The molecule has 1 aliphatic rings. The monoisotopic (exact) mass is 753 g/mol. The highest BCUT2D eigenvalue weighted by atomic mass is 32.2. The van der Waals surface area contributed by atoms with Crippen molar-refractivity contribution in [2.24, 2.45) is 0 Å². The zero-order valence-electron chi connectivity index (χ0n) is 33.1. The number of hydrogen-bond acceptors (Lipinski definition) is 2. The highest BCUT2D eigenvalue weighted by molar-refractivity contribution is 7.99. The average molecular weight is 754 g/mol. The fraction of sp³-hybridized carbons (Fsp3) is 0.127. The number of rotatable bonds is 9. The fourth-order valence-electron chi connectivity index (χ4n) is 8.28. The maximum atomic E-state index is 3.58. The van der Waals surface area contributed by atoms with Gasteiger partial charge in [0.1, 0.15) is 0 Å². The molecule has 1 N–H and O–H groups in total. The van der Waals surface area contributed by atoms with Gasteiger partial charge in [-0.3, -0.25) is 0 Å². The van der Waals surface area contributed by atoms with Gasteiger partial charge in [0.05, 0.1) is 11.4 Å². The number of nitrogens with one attached hydrogen (secondary N) is 1. The lowest BCUT2D eigenvalue weighted by atomic mass is 9.72. The second-order valence-electron chi connectivity index (χ2n) is 16.0. The molecule has 0 bridgehead atoms. The molecular formula is C55H47NS. The summed E-state index contributed by atoms with van der Waals surface area (Å²) in [5, 5.41) is 3.58. The molecule has 8 aromatic rings. The topological polar surface area (TPSA) is 12.0 Å². The summed E-state index contributed by atoms with van der Waals surface area (Å²) in [6.07, 6.45) is 1.02. The van der Waals surface area contributed by atoms with Crippen molar-refractivity contribution in [2.45, 2.75) is 54.7 Å². The molecule has 0 radical (unpaired) electrons. The van der Waals surface area contributed by atoms with E-state index < -0.39 is 0 Å². The zero-order valence-corrected chi connectivity index (χ0v) is 33.9. The lowest BCUT2D eigenvalue weighted by molar-refractivity contribution is 0.548. The third kappa shape index (κ3) is 7.11. The van der Waals surface area contributed by atoms with Gasteiger partial charge >= 0.3 is 0 Å². The van der Waals surface area contributed by atoms with Crippen LogP contribution >= 0.6 is 11.8 Å². The van der Waals surface area contributed by atoms with Gasteiger partial charge in [-0.25, -0.2) is 0 Å². The van der Waals surface area contributed by atoms with E-state index in [0.29, 0.717) is 0 Å². The van der Waals surface area contributed by atoms with Crippen LogP contribution in [0.1, 0.15) is 56.4 Å². The van der Waals surface area contributed by atoms with Crippen molar-refractivity contribution in [3.8, 4) is 44.5 Å². The third-order valence-corrected chi connectivity index (χ3v) is 13.4. The first-order chi connectivity index (χ1) is 27.8. The Morgan fingerprint density at radius 1 is 0.368 bits per heavy atom. The summed E-state index contributed by atoms with van der Waals surface area (Å²) in [5.41, 5.74) is 17.3. The van der Waals surface area contributed by atoms with Gasteiger partial charge in [0, 0.05) is 20.6 Å². The van der Waals surface area contributed by atoms with Crippen molar-refractivity contribution in [3.63, 3.8) is 0 Å². The smallest absolute Gasteiger partial charge is 0.0526 e. The van der Waals surface area contributed by atoms with E-state index in [4.69, 9.17) is 0 Å². The molecule has 0 aromatic heterocycles. The Labute approximate surface area is 342 Å². The molecule has 8 aromatic carbocycles. The molecule has 1 atom stereocenters. The predicted octanol–water partition coefficient (Wildman–Crippen LogP) is 15.6. The summed E-state index contributed by atoms with van der Waals surface area (Å²) in [6, 6.07) is 71.4. The highest BCUT2D eigenvalue weighted by Gasteiger charge is 2.29. The fourth-order valence-corrected chi connectivity index (χ4v) is 9.31. The summed E-state index contributed by atoms with van der Waals surface area (Å²) < 4.78 is 0. The zero-order chi connectivity index (χ0) is 39.0. The molecule has 1 unspecified atom stereocenters. The number of para-hydroxylation sites is 1. The van der Waals surface area contributed by atoms with Crippen LogP contribution in [0.3, 0.4) is 0 Å². The molecule has 0 amide bonds. The molecule has 2 heteroatoms. The van der Waals surface area contributed by atoms with Crippen molar-refractivity contribution in [1.29, 1.82) is 0 Å². The summed E-state index contributed by atoms with van der Waals surface area (Å²) in [5.74, 6) is 0. The van der Waals surface area contributed by atoms with Crippen LogP contribution in [-0.2, 0) is 10.8 Å². The second-order valence-corrected chi connectivity index (χ2v) is 17.1. The Kier molecular flexibility index (Phi) is 9.68. The van der Waals surface area contributed by atoms with Crippen molar-refractivity contribution in [1.82, 2.24) is 0 Å². The standard InChI is InChI=1S/C55H47NS/c1-5-55(4,49-33-31-47(32-34-49)54(2,3)46-14-7-6-8-15-46)48-29-26-39(27-30-48)38-18-20-40(21-19-38)43-12-11-13-44(36-43)41-22-24-42(25-23-41)45-28-35-51-53(37-45)57-52-17-10-9-16-50(52)56-51/h6-37,56H,5H2,1-4H3. The Balaban J connectivity index is 0.888. The van der Waals surface area contributed by atoms with Crippen molar-refractivity contribution < 1.29 is 0 Å². The maximum absolute atomic E-state index is 3.58. The molecule has 0 saturated carbocycles. The Morgan fingerprint density at radius 3 is 1.37 bits per heavy atom. The second kappa shape index (κ2) is 15.1. The Hall–Kier alpha value is -6.09. The van der Waals surface area contributed by atoms with Gasteiger partial charge < -0.3 is 5.32 Å². The van der Waals surface area contributed by atoms with E-state index >= 15 is 0 Å². The average Bonchev–Trinajstić information content (AvgIpc) is 3.28. The van der Waals surface area contributed by atoms with Crippen LogP contribution < -0.4 is 5.32 Å². The molecular weight excluding hydrogens is 707 g/mol. The molecule has 0 spiro atoms. The molecule has 0 saturated heterocycles. The maximum Gasteiger partial charge on any atom is 0.0526 e. The molecule has 9 rings (SSSR count). The van der Waals surface area contributed by atoms with Crippen molar-refractivity contribution >= 4 is 23.1 Å². The first-order valence-electron chi connectivity index (χ1n) is 20.1. The minimum atomic E-state index is -0.0748. The Bertz CT molecular complexity index is 2660. The molecule has 1 heterocycles. The molecule has 0 aliphatic carbocycles. The van der Waals surface area contributed by atoms with Crippen LogP contribution in [0.4, 0.5) is 11.4 Å². The van der Waals surface area contributed by atoms with E-state index in [1.807, 2.05) is 11.8 Å². The lowest BCUT2D eigenvalue weighted by Crippen LogP contribution is -2.23. The number of benzene rings is 8. The quantitative estimate of drug-likeness (QED) is 0.158. The first kappa shape index (κ1) is 36.5. The number of fused-ring (bicyclic) bond motifs is 2. The molecule has 0 fully saturated rings. The summed E-state index contributed by atoms with van der Waals surface area (Å²) in [6.45, 7) is 9.30. The summed E-state index contributed by atoms with van der Waals surface area (Å²) in [7, 11) is 0. The number of anilines is 2. The van der Waals surface area contributed by atoms with Gasteiger partial charge in [-0.15, -0.1) is 0 Å². The first-order valence-corrected chi connectivity index (χ1v) is 20.9. The van der Waals surface area contributed by atoms with E-state index in [0.717, 1.165) is 12.1 Å². The normalized spacial score (nSPS) is 13.2. The van der Waals surface area contributed by atoms with E-state index in [-0.39, 0.29) is 10.8 Å². The van der Waals surface area contributed by atoms with Gasteiger partial charge in [0.25, 0.3) is 0 Å². The van der Waals surface area contributed by atoms with E-state index in [9.17, 15) is 0 Å². The SMILES string of the molecule is CCC(C)(c1ccc(-c2ccc(-c3cccc(-c4ccc(-c5ccc6c(c5)Sc5ccccc5N6)cc4)c3)cc2)cc1)c1ccc(C(C)(C)c2ccccc2)cc1. The minimum absolute atomic E-state index is 0.0508. The summed E-state index contributed by atoms with van der Waals surface area (Å²) >= 11 is 1.83. The van der Waals surface area contributed by atoms with Gasteiger partial charge in [-0.2, -0.15) is 0 Å². The van der Waals surface area contributed by atoms with Gasteiger partial charge in [0.2, 0.25) is 0 Å². The van der Waals surface area contributed by atoms with Crippen LogP contribution in [0, 0.1) is 0 Å². The van der Waals surface area contributed by atoms with Gasteiger partial charge in [-0.1, -0.05) is 203 Å². The predicted molar refractivity (Wildman–Crippen MR) is 244 cm³/mol. The van der Waals surface area contributed by atoms with Crippen LogP contribution in [0.25, 0.3) is 44.5 Å². The molecule has 1 nitrogen and oxygen atoms in total. The number of hydrogen-bond donors (Lipinski definition) is 1. The van der Waals surface area contributed by atoms with E-state index in [2.05, 4.69) is 227 Å². The van der Waals surface area contributed by atoms with Crippen LogP contribution in [0.5, 0.6) is 0 Å². The molecule has 278 valence electrons. The van der Waals surface area contributed by atoms with E-state index in [1.54, 1.807) is 0 Å². The summed E-state index contributed by atoms with van der Waals surface area (Å²) in [4.78, 5) is 2.52. The van der Waals surface area contributed by atoms with Gasteiger partial charge in [-0.05, 0) is 104 Å². The largest absolute Gasteiger partial charge is 0.354 e. The minimum Gasteiger partial charge on any atom is -0.354 e. The van der Waals surface area contributed by atoms with Crippen LogP contribution in [0.2, 0.25) is 0 Å². The highest BCUT2D eigenvalue weighted by Crippen LogP contribution is 2.45.